The van der Waals surface area contributed by atoms with Crippen molar-refractivity contribution in [3.05, 3.63) is 71.4 Å². The predicted octanol–water partition coefficient (Wildman–Crippen LogP) is 3.69. The van der Waals surface area contributed by atoms with Crippen LogP contribution in [0.1, 0.15) is 36.5 Å². The van der Waals surface area contributed by atoms with Crippen LogP contribution in [0.2, 0.25) is 0 Å². The summed E-state index contributed by atoms with van der Waals surface area (Å²) < 4.78 is 110. The first kappa shape index (κ1) is 49.3. The molecule has 0 aliphatic carbocycles. The van der Waals surface area contributed by atoms with Crippen LogP contribution in [0.3, 0.4) is 0 Å². The number of sulfonamides is 1. The molecular formula is C38H41F6N7O11S. The van der Waals surface area contributed by atoms with Crippen molar-refractivity contribution in [3.63, 3.8) is 0 Å². The summed E-state index contributed by atoms with van der Waals surface area (Å²) in [5.74, 6) is -6.18. The average molecular weight is 918 g/mol. The van der Waals surface area contributed by atoms with E-state index in [-0.39, 0.29) is 45.5 Å². The molecule has 0 saturated carbocycles. The number of nitrogens with one attached hydrogen (secondary N) is 2. The summed E-state index contributed by atoms with van der Waals surface area (Å²) in [7, 11) is -1.94. The molecule has 1 atom stereocenters. The quantitative estimate of drug-likeness (QED) is 0.224. The van der Waals surface area contributed by atoms with Gasteiger partial charge < -0.3 is 40.0 Å². The molecule has 0 bridgehead atoms. The Hall–Kier alpha value is -6.39. The molecule has 6 rings (SSSR count). The third-order valence-electron chi connectivity index (χ3n) is 9.80. The summed E-state index contributed by atoms with van der Waals surface area (Å²) >= 11 is 0. The number of pyridine rings is 1. The number of carbonyl (C=O) groups excluding carboxylic acids is 2. The van der Waals surface area contributed by atoms with Gasteiger partial charge in [0.1, 0.15) is 16.4 Å². The van der Waals surface area contributed by atoms with Crippen LogP contribution in [0.5, 0.6) is 17.4 Å². The standard InChI is InChI=1S/C34H39N7O7S.2C2HF3O2/c1-4-48-31-26(6-5-13-37-31)34(38-33(43)40-18-16-39(17-19-40)24-11-14-36-15-12-24)27-20-23(22-35)7-9-28(27)41(32(34)42)49(44,45)30-10-8-25(46-2)21-29(30)47-3;2*3-2(4,5)1(6)7/h5-10,13,20-21,24,36H,4,11-12,14-19H2,1-3H3,(H,38,43);2*(H,6,7). The number of carboxylic acid groups (broad SMARTS) is 2. The van der Waals surface area contributed by atoms with Crippen LogP contribution < -0.4 is 29.1 Å². The predicted molar refractivity (Wildman–Crippen MR) is 207 cm³/mol. The van der Waals surface area contributed by atoms with Gasteiger partial charge >= 0.3 is 30.3 Å². The van der Waals surface area contributed by atoms with Crippen molar-refractivity contribution in [1.82, 2.24) is 25.4 Å². The number of halogens is 6. The SMILES string of the molecule is CCOc1ncccc1C1(NC(=O)N2CCN(C3CCNCC3)CC2)C(=O)N(S(=O)(=O)c2ccc(OC)cc2OC)c2ccc(C#N)cc21.O=C(O)C(F)(F)F.O=C(O)C(F)(F)F. The number of fused-ring (bicyclic) bond motifs is 1. The molecule has 3 aliphatic heterocycles. The number of benzene rings is 2. The Kier molecular flexibility index (Phi) is 15.8. The van der Waals surface area contributed by atoms with Crippen molar-refractivity contribution in [2.75, 3.05) is 64.4 Å². The van der Waals surface area contributed by atoms with Crippen LogP contribution in [0, 0.1) is 11.3 Å². The molecule has 2 fully saturated rings. The number of carboxylic acids is 2. The van der Waals surface area contributed by atoms with E-state index in [9.17, 15) is 44.8 Å². The van der Waals surface area contributed by atoms with E-state index >= 15 is 4.79 Å². The maximum atomic E-state index is 15.1. The fourth-order valence-electron chi connectivity index (χ4n) is 6.86. The van der Waals surface area contributed by atoms with Gasteiger partial charge in [-0.2, -0.15) is 35.9 Å². The van der Waals surface area contributed by atoms with Gasteiger partial charge in [-0.3, -0.25) is 9.69 Å². The van der Waals surface area contributed by atoms with Crippen LogP contribution in [0.15, 0.2) is 59.6 Å². The van der Waals surface area contributed by atoms with Gasteiger partial charge in [0.15, 0.2) is 5.54 Å². The lowest BCUT2D eigenvalue weighted by Crippen LogP contribution is -2.61. The Balaban J connectivity index is 0.000000537. The highest BCUT2D eigenvalue weighted by Gasteiger charge is 2.59. The second-order valence-corrected chi connectivity index (χ2v) is 15.3. The summed E-state index contributed by atoms with van der Waals surface area (Å²) in [6, 6.07) is 13.5. The van der Waals surface area contributed by atoms with Gasteiger partial charge in [0.2, 0.25) is 5.88 Å². The first-order chi connectivity index (χ1) is 29.6. The van der Waals surface area contributed by atoms with Gasteiger partial charge in [-0.05, 0) is 75.3 Å². The van der Waals surface area contributed by atoms with Gasteiger partial charge in [-0.1, -0.05) is 0 Å². The zero-order valence-corrected chi connectivity index (χ0v) is 34.4. The number of anilines is 1. The Bertz CT molecular complexity index is 2290. The molecule has 63 heavy (non-hydrogen) atoms. The van der Waals surface area contributed by atoms with E-state index in [1.165, 1.54) is 56.8 Å². The van der Waals surface area contributed by atoms with Crippen molar-refractivity contribution in [1.29, 1.82) is 5.26 Å². The lowest BCUT2D eigenvalue weighted by Gasteiger charge is -2.41. The minimum absolute atomic E-state index is 0.0314. The maximum Gasteiger partial charge on any atom is 0.490 e. The molecule has 1 aromatic heterocycles. The van der Waals surface area contributed by atoms with Crippen molar-refractivity contribution >= 4 is 39.6 Å². The van der Waals surface area contributed by atoms with E-state index in [2.05, 4.69) is 26.6 Å². The lowest BCUT2D eigenvalue weighted by atomic mass is 9.83. The van der Waals surface area contributed by atoms with Crippen molar-refractivity contribution in [2.45, 2.75) is 48.6 Å². The largest absolute Gasteiger partial charge is 0.497 e. The van der Waals surface area contributed by atoms with E-state index < -0.39 is 51.8 Å². The third kappa shape index (κ3) is 11.0. The first-order valence-electron chi connectivity index (χ1n) is 18.6. The number of amides is 3. The molecule has 3 aliphatic rings. The second kappa shape index (κ2) is 20.2. The summed E-state index contributed by atoms with van der Waals surface area (Å²) in [6.45, 7) is 5.95. The van der Waals surface area contributed by atoms with Crippen LogP contribution in [-0.2, 0) is 29.9 Å². The summed E-state index contributed by atoms with van der Waals surface area (Å²) in [5, 5.41) is 30.5. The minimum Gasteiger partial charge on any atom is -0.497 e. The van der Waals surface area contributed by atoms with Crippen LogP contribution >= 0.6 is 0 Å². The molecular weight excluding hydrogens is 877 g/mol. The minimum atomic E-state index is -5.08. The van der Waals surface area contributed by atoms with E-state index in [0.29, 0.717) is 42.3 Å². The summed E-state index contributed by atoms with van der Waals surface area (Å²) in [6.07, 6.45) is -6.62. The average Bonchev–Trinajstić information content (AvgIpc) is 3.50. The fourth-order valence-corrected chi connectivity index (χ4v) is 8.47. The molecule has 1 unspecified atom stereocenters. The highest BCUT2D eigenvalue weighted by molar-refractivity contribution is 7.93. The smallest absolute Gasteiger partial charge is 0.490 e. The second-order valence-electron chi connectivity index (χ2n) is 13.5. The van der Waals surface area contributed by atoms with Crippen LogP contribution in [0.4, 0.5) is 36.8 Å². The third-order valence-corrected chi connectivity index (χ3v) is 11.5. The number of piperazine rings is 1. The molecule has 3 amide bonds. The molecule has 2 saturated heterocycles. The summed E-state index contributed by atoms with van der Waals surface area (Å²) in [5.41, 5.74) is -1.81. The van der Waals surface area contributed by atoms with E-state index in [1.807, 2.05) is 0 Å². The van der Waals surface area contributed by atoms with Gasteiger partial charge in [-0.15, -0.1) is 0 Å². The zero-order chi connectivity index (χ0) is 46.9. The number of ether oxygens (including phenoxy) is 3. The van der Waals surface area contributed by atoms with E-state index in [0.717, 1.165) is 25.9 Å². The normalized spacial score (nSPS) is 18.1. The number of carbonyl (C=O) groups is 4. The molecule has 0 spiro atoms. The Morgan fingerprint density at radius 2 is 1.54 bits per heavy atom. The van der Waals surface area contributed by atoms with Gasteiger partial charge in [-0.25, -0.2) is 27.8 Å². The van der Waals surface area contributed by atoms with Gasteiger partial charge in [0.25, 0.3) is 15.9 Å². The number of nitrogens with zero attached hydrogens (tertiary/aromatic N) is 5. The molecule has 25 heteroatoms. The first-order valence-corrected chi connectivity index (χ1v) is 20.1. The molecule has 2 aromatic carbocycles. The van der Waals surface area contributed by atoms with E-state index in [1.54, 1.807) is 24.0 Å². The van der Waals surface area contributed by atoms with Gasteiger partial charge in [0, 0.05) is 50.0 Å². The number of hydrogen-bond donors (Lipinski definition) is 4. The number of nitriles is 1. The Morgan fingerprint density at radius 1 is 0.937 bits per heavy atom. The number of piperidine rings is 1. The van der Waals surface area contributed by atoms with Crippen LogP contribution in [0.25, 0.3) is 0 Å². The molecule has 342 valence electrons. The maximum absolute atomic E-state index is 15.1. The zero-order valence-electron chi connectivity index (χ0n) is 33.6. The molecule has 18 nitrogen and oxygen atoms in total. The number of methoxy groups -OCH3 is 2. The topological polar surface area (TPSA) is 241 Å². The number of rotatable bonds is 9. The van der Waals surface area contributed by atoms with Crippen molar-refractivity contribution in [3.8, 4) is 23.4 Å². The molecule has 4 heterocycles. The molecule has 0 radical (unpaired) electrons. The Morgan fingerprint density at radius 3 is 2.06 bits per heavy atom. The monoisotopic (exact) mass is 917 g/mol. The van der Waals surface area contributed by atoms with E-state index in [4.69, 9.17) is 34.0 Å². The highest BCUT2D eigenvalue weighted by Crippen LogP contribution is 2.50. The van der Waals surface area contributed by atoms with Gasteiger partial charge in [0.05, 0.1) is 43.7 Å². The number of urea groups is 1. The lowest BCUT2D eigenvalue weighted by molar-refractivity contribution is -0.193. The number of hydrogen-bond acceptors (Lipinski definition) is 13. The Labute approximate surface area is 356 Å². The highest BCUT2D eigenvalue weighted by atomic mass is 32.2. The van der Waals surface area contributed by atoms with Crippen LogP contribution in [-0.4, -0.2) is 136 Å². The van der Waals surface area contributed by atoms with Crippen molar-refractivity contribution in [2.24, 2.45) is 0 Å². The number of aromatic nitrogens is 1. The fraction of sp³-hybridized carbons (Fsp3) is 0.421. The van der Waals surface area contributed by atoms with Crippen molar-refractivity contribution < 1.29 is 78.4 Å². The number of aliphatic carboxylic acids is 2. The summed E-state index contributed by atoms with van der Waals surface area (Å²) in [4.78, 5) is 55.3. The molecule has 3 aromatic rings. The number of alkyl halides is 6. The molecule has 4 N–H and O–H groups in total.